The van der Waals surface area contributed by atoms with Gasteiger partial charge in [-0.3, -0.25) is 9.59 Å². The molecule has 2 aliphatic heterocycles. The van der Waals surface area contributed by atoms with E-state index in [0.717, 1.165) is 0 Å². The van der Waals surface area contributed by atoms with Crippen molar-refractivity contribution in [1.82, 2.24) is 9.80 Å². The first-order valence-corrected chi connectivity index (χ1v) is 9.73. The number of amides is 2. The maximum absolute atomic E-state index is 14.0. The molecule has 6 nitrogen and oxygen atoms in total. The topological polar surface area (TPSA) is 57.0 Å². The number of rotatable bonds is 3. The van der Waals surface area contributed by atoms with Gasteiger partial charge in [0, 0.05) is 45.2 Å². The third kappa shape index (κ3) is 3.74. The van der Waals surface area contributed by atoms with Crippen molar-refractivity contribution in [2.24, 2.45) is 5.92 Å². The molecular formula is C21H24FN3O3. The lowest BCUT2D eigenvalue weighted by atomic mass is 9.94. The summed E-state index contributed by atoms with van der Waals surface area (Å²) < 4.78 is 18.9. The molecule has 0 bridgehead atoms. The first-order chi connectivity index (χ1) is 13.6. The zero-order valence-electron chi connectivity index (χ0n) is 15.7. The van der Waals surface area contributed by atoms with Crippen LogP contribution in [0.3, 0.4) is 0 Å². The Kier molecular flexibility index (Phi) is 5.32. The minimum absolute atomic E-state index is 0.0434. The minimum atomic E-state index is -0.225. The van der Waals surface area contributed by atoms with Gasteiger partial charge in [0.15, 0.2) is 0 Å². The largest absolute Gasteiger partial charge is 0.472 e. The molecule has 7 heteroatoms. The number of anilines is 1. The van der Waals surface area contributed by atoms with Crippen LogP contribution in [0.1, 0.15) is 23.2 Å². The summed E-state index contributed by atoms with van der Waals surface area (Å²) in [5.41, 5.74) is 1.15. The van der Waals surface area contributed by atoms with Gasteiger partial charge >= 0.3 is 0 Å². The van der Waals surface area contributed by atoms with Crippen molar-refractivity contribution in [2.75, 3.05) is 44.2 Å². The molecule has 0 spiro atoms. The number of hydrogen-bond acceptors (Lipinski definition) is 4. The molecule has 0 aliphatic carbocycles. The summed E-state index contributed by atoms with van der Waals surface area (Å²) in [5.74, 6) is -0.160. The van der Waals surface area contributed by atoms with E-state index in [-0.39, 0.29) is 23.5 Å². The van der Waals surface area contributed by atoms with Crippen LogP contribution in [0.5, 0.6) is 0 Å². The third-order valence-corrected chi connectivity index (χ3v) is 5.68. The van der Waals surface area contributed by atoms with E-state index in [1.54, 1.807) is 23.1 Å². The predicted octanol–water partition coefficient (Wildman–Crippen LogP) is 2.62. The van der Waals surface area contributed by atoms with Crippen molar-refractivity contribution in [1.29, 1.82) is 0 Å². The molecule has 4 rings (SSSR count). The molecule has 1 aromatic carbocycles. The molecule has 0 unspecified atom stereocenters. The maximum atomic E-state index is 14.0. The van der Waals surface area contributed by atoms with Gasteiger partial charge in [-0.15, -0.1) is 0 Å². The highest BCUT2D eigenvalue weighted by molar-refractivity contribution is 5.94. The van der Waals surface area contributed by atoms with Crippen molar-refractivity contribution >= 4 is 17.5 Å². The molecule has 2 amide bonds. The smallest absolute Gasteiger partial charge is 0.257 e. The highest BCUT2D eigenvalue weighted by Gasteiger charge is 2.32. The summed E-state index contributed by atoms with van der Waals surface area (Å²) in [7, 11) is 0. The average Bonchev–Trinajstić information content (AvgIpc) is 3.28. The summed E-state index contributed by atoms with van der Waals surface area (Å²) in [6.07, 6.45) is 4.30. The van der Waals surface area contributed by atoms with E-state index in [2.05, 4.69) is 0 Å². The molecular weight excluding hydrogens is 361 g/mol. The van der Waals surface area contributed by atoms with Crippen LogP contribution < -0.4 is 4.90 Å². The third-order valence-electron chi connectivity index (χ3n) is 5.68. The molecule has 0 saturated carbocycles. The number of nitrogens with zero attached hydrogens (tertiary/aromatic N) is 3. The highest BCUT2D eigenvalue weighted by atomic mass is 19.1. The number of carbonyl (C=O) groups is 2. The molecule has 3 heterocycles. The Balaban J connectivity index is 1.28. The Morgan fingerprint density at radius 1 is 0.929 bits per heavy atom. The number of para-hydroxylation sites is 1. The molecule has 2 aromatic rings. The van der Waals surface area contributed by atoms with E-state index in [0.29, 0.717) is 63.4 Å². The minimum Gasteiger partial charge on any atom is -0.472 e. The van der Waals surface area contributed by atoms with E-state index in [1.807, 2.05) is 15.9 Å². The van der Waals surface area contributed by atoms with Crippen molar-refractivity contribution in [3.05, 3.63) is 54.2 Å². The van der Waals surface area contributed by atoms with Crippen molar-refractivity contribution in [3.63, 3.8) is 0 Å². The zero-order chi connectivity index (χ0) is 19.5. The van der Waals surface area contributed by atoms with Gasteiger partial charge < -0.3 is 19.1 Å². The maximum Gasteiger partial charge on any atom is 0.257 e. The van der Waals surface area contributed by atoms with Gasteiger partial charge in [0.1, 0.15) is 12.1 Å². The van der Waals surface area contributed by atoms with Crippen LogP contribution in [-0.2, 0) is 4.79 Å². The Hall–Kier alpha value is -2.83. The second kappa shape index (κ2) is 8.04. The molecule has 0 N–H and O–H groups in total. The van der Waals surface area contributed by atoms with Crippen LogP contribution in [-0.4, -0.2) is 60.9 Å². The molecule has 28 heavy (non-hydrogen) atoms. The lowest BCUT2D eigenvalue weighted by Crippen LogP contribution is -2.52. The molecule has 0 atom stereocenters. The van der Waals surface area contributed by atoms with E-state index < -0.39 is 0 Å². The van der Waals surface area contributed by atoms with Gasteiger partial charge in [-0.2, -0.15) is 0 Å². The van der Waals surface area contributed by atoms with Crippen molar-refractivity contribution in [2.45, 2.75) is 12.8 Å². The zero-order valence-corrected chi connectivity index (χ0v) is 15.7. The SMILES string of the molecule is O=C(c1ccoc1)N1CCC(C(=O)N2CCN(c3ccccc3F)CC2)CC1. The fraction of sp³-hybridized carbons (Fsp3) is 0.429. The van der Waals surface area contributed by atoms with E-state index in [1.165, 1.54) is 18.6 Å². The van der Waals surface area contributed by atoms with Crippen LogP contribution in [0.2, 0.25) is 0 Å². The lowest BCUT2D eigenvalue weighted by Gasteiger charge is -2.39. The number of furan rings is 1. The van der Waals surface area contributed by atoms with E-state index >= 15 is 0 Å². The van der Waals surface area contributed by atoms with Gasteiger partial charge in [-0.05, 0) is 31.0 Å². The predicted molar refractivity (Wildman–Crippen MR) is 103 cm³/mol. The monoisotopic (exact) mass is 385 g/mol. The van der Waals surface area contributed by atoms with E-state index in [9.17, 15) is 14.0 Å². The number of piperazine rings is 1. The van der Waals surface area contributed by atoms with Crippen LogP contribution in [0.4, 0.5) is 10.1 Å². The van der Waals surface area contributed by atoms with Gasteiger partial charge in [0.25, 0.3) is 5.91 Å². The fourth-order valence-corrected chi connectivity index (χ4v) is 4.03. The van der Waals surface area contributed by atoms with Gasteiger partial charge in [0.2, 0.25) is 5.91 Å². The molecule has 2 aliphatic rings. The Bertz CT molecular complexity index is 823. The summed E-state index contributed by atoms with van der Waals surface area (Å²) in [4.78, 5) is 30.9. The number of hydrogen-bond donors (Lipinski definition) is 0. The number of halogens is 1. The Morgan fingerprint density at radius 2 is 1.64 bits per heavy atom. The first-order valence-electron chi connectivity index (χ1n) is 9.73. The Labute approximate surface area is 163 Å². The number of carbonyl (C=O) groups excluding carboxylic acids is 2. The van der Waals surface area contributed by atoms with Crippen molar-refractivity contribution in [3.8, 4) is 0 Å². The highest BCUT2D eigenvalue weighted by Crippen LogP contribution is 2.24. The van der Waals surface area contributed by atoms with Gasteiger partial charge in [-0.25, -0.2) is 4.39 Å². The second-order valence-corrected chi connectivity index (χ2v) is 7.34. The lowest BCUT2D eigenvalue weighted by molar-refractivity contribution is -0.137. The normalized spacial score (nSPS) is 18.4. The number of likely N-dealkylation sites (tertiary alicyclic amines) is 1. The molecule has 0 radical (unpaired) electrons. The van der Waals surface area contributed by atoms with Crippen molar-refractivity contribution < 1.29 is 18.4 Å². The van der Waals surface area contributed by atoms with Gasteiger partial charge in [-0.1, -0.05) is 12.1 Å². The summed E-state index contributed by atoms with van der Waals surface area (Å²) in [6, 6.07) is 8.41. The fourth-order valence-electron chi connectivity index (χ4n) is 4.03. The Morgan fingerprint density at radius 3 is 2.29 bits per heavy atom. The molecule has 2 fully saturated rings. The number of benzene rings is 1. The van der Waals surface area contributed by atoms with Crippen LogP contribution >= 0.6 is 0 Å². The van der Waals surface area contributed by atoms with Crippen LogP contribution in [0, 0.1) is 11.7 Å². The first kappa shape index (κ1) is 18.5. The standard InChI is InChI=1S/C21H24FN3O3/c22-18-3-1-2-4-19(18)23-10-12-25(13-11-23)20(26)16-5-8-24(9-6-16)21(27)17-7-14-28-15-17/h1-4,7,14-16H,5-6,8-13H2. The summed E-state index contributed by atoms with van der Waals surface area (Å²) in [5, 5.41) is 0. The molecule has 1 aromatic heterocycles. The van der Waals surface area contributed by atoms with Crippen LogP contribution in [0.25, 0.3) is 0 Å². The summed E-state index contributed by atoms with van der Waals surface area (Å²) in [6.45, 7) is 3.61. The van der Waals surface area contributed by atoms with Crippen LogP contribution in [0.15, 0.2) is 47.3 Å². The van der Waals surface area contributed by atoms with Gasteiger partial charge in [0.05, 0.1) is 17.5 Å². The molecule has 148 valence electrons. The summed E-state index contributed by atoms with van der Waals surface area (Å²) >= 11 is 0. The van der Waals surface area contributed by atoms with E-state index in [4.69, 9.17) is 4.42 Å². The number of piperidine rings is 1. The second-order valence-electron chi connectivity index (χ2n) is 7.34. The molecule has 2 saturated heterocycles. The quantitative estimate of drug-likeness (QED) is 0.815. The average molecular weight is 385 g/mol.